The number of nitrogens with zero attached hydrogens (tertiary/aromatic N) is 3. The van der Waals surface area contributed by atoms with Crippen LogP contribution in [0.5, 0.6) is 5.75 Å². The molecule has 2 aromatic carbocycles. The van der Waals surface area contributed by atoms with Gasteiger partial charge in [-0.25, -0.2) is 14.8 Å². The maximum Gasteiger partial charge on any atom is 0.344 e. The van der Waals surface area contributed by atoms with Crippen LogP contribution in [-0.2, 0) is 21.4 Å². The summed E-state index contributed by atoms with van der Waals surface area (Å²) in [5, 5.41) is 0. The zero-order valence-corrected chi connectivity index (χ0v) is 21.9. The summed E-state index contributed by atoms with van der Waals surface area (Å²) in [6, 6.07) is 16.0. The van der Waals surface area contributed by atoms with Gasteiger partial charge in [0, 0.05) is 18.6 Å². The van der Waals surface area contributed by atoms with Crippen molar-refractivity contribution < 1.29 is 19.0 Å². The van der Waals surface area contributed by atoms with Gasteiger partial charge in [-0.05, 0) is 55.0 Å². The number of para-hydroxylation sites is 2. The SMILES string of the molecule is CCOC(=O)c1c(N)n(CCC2(c3ccc(OC)cc3)CCOCC2(C)C)c2nc3ccccc3nc12. The Hall–Kier alpha value is -3.65. The molecule has 1 aliphatic heterocycles. The van der Waals surface area contributed by atoms with Gasteiger partial charge in [-0.1, -0.05) is 38.1 Å². The van der Waals surface area contributed by atoms with Crippen molar-refractivity contribution >= 4 is 34.0 Å². The molecule has 1 saturated heterocycles. The summed E-state index contributed by atoms with van der Waals surface area (Å²) >= 11 is 0. The Kier molecular flexibility index (Phi) is 6.54. The highest BCUT2D eigenvalue weighted by Gasteiger charge is 2.48. The molecule has 8 nitrogen and oxygen atoms in total. The molecule has 0 amide bonds. The van der Waals surface area contributed by atoms with E-state index in [4.69, 9.17) is 29.9 Å². The van der Waals surface area contributed by atoms with Crippen molar-refractivity contribution in [2.75, 3.05) is 32.7 Å². The minimum Gasteiger partial charge on any atom is -0.497 e. The Morgan fingerprint density at radius 3 is 2.46 bits per heavy atom. The van der Waals surface area contributed by atoms with Crippen LogP contribution in [0.2, 0.25) is 0 Å². The Labute approximate surface area is 216 Å². The first-order chi connectivity index (χ1) is 17.8. The first-order valence-electron chi connectivity index (χ1n) is 12.7. The van der Waals surface area contributed by atoms with Crippen LogP contribution >= 0.6 is 0 Å². The van der Waals surface area contributed by atoms with Crippen LogP contribution in [0.4, 0.5) is 5.82 Å². The van der Waals surface area contributed by atoms with E-state index >= 15 is 0 Å². The summed E-state index contributed by atoms with van der Waals surface area (Å²) in [7, 11) is 1.68. The lowest BCUT2D eigenvalue weighted by Gasteiger charge is -2.51. The molecular formula is C29H34N4O4. The molecule has 1 fully saturated rings. The summed E-state index contributed by atoms with van der Waals surface area (Å²) in [5.41, 5.74) is 10.4. The smallest absolute Gasteiger partial charge is 0.344 e. The van der Waals surface area contributed by atoms with Crippen LogP contribution in [0.1, 0.15) is 49.5 Å². The minimum atomic E-state index is -0.482. The second kappa shape index (κ2) is 9.67. The molecule has 0 saturated carbocycles. The number of esters is 1. The Balaban J connectivity index is 1.63. The number of nitrogen functional groups attached to an aromatic ring is 1. The molecule has 4 aromatic rings. The van der Waals surface area contributed by atoms with Crippen molar-refractivity contribution in [2.24, 2.45) is 5.41 Å². The van der Waals surface area contributed by atoms with E-state index in [1.54, 1.807) is 14.0 Å². The van der Waals surface area contributed by atoms with Crippen molar-refractivity contribution in [3.8, 4) is 5.75 Å². The molecule has 5 rings (SSSR count). The Bertz CT molecular complexity index is 1440. The average molecular weight is 503 g/mol. The first-order valence-corrected chi connectivity index (χ1v) is 12.7. The predicted octanol–water partition coefficient (Wildman–Crippen LogP) is 5.13. The van der Waals surface area contributed by atoms with Gasteiger partial charge in [0.2, 0.25) is 0 Å². The number of anilines is 1. The summed E-state index contributed by atoms with van der Waals surface area (Å²) in [6.07, 6.45) is 1.64. The average Bonchev–Trinajstić information content (AvgIpc) is 3.16. The molecule has 1 atom stereocenters. The van der Waals surface area contributed by atoms with Crippen LogP contribution in [0, 0.1) is 5.41 Å². The monoisotopic (exact) mass is 502 g/mol. The van der Waals surface area contributed by atoms with Gasteiger partial charge in [-0.15, -0.1) is 0 Å². The van der Waals surface area contributed by atoms with Crippen LogP contribution in [0.15, 0.2) is 48.5 Å². The maximum atomic E-state index is 13.0. The van der Waals surface area contributed by atoms with Gasteiger partial charge < -0.3 is 24.5 Å². The summed E-state index contributed by atoms with van der Waals surface area (Å²) in [5.74, 6) is 0.675. The van der Waals surface area contributed by atoms with Gasteiger partial charge in [0.05, 0.1) is 31.4 Å². The van der Waals surface area contributed by atoms with E-state index in [0.29, 0.717) is 42.3 Å². The number of hydrogen-bond donors (Lipinski definition) is 1. The molecule has 0 radical (unpaired) electrons. The molecule has 2 aromatic heterocycles. The predicted molar refractivity (Wildman–Crippen MR) is 144 cm³/mol. The number of aryl methyl sites for hydroxylation is 1. The lowest BCUT2D eigenvalue weighted by atomic mass is 9.57. The fourth-order valence-electron chi connectivity index (χ4n) is 5.75. The molecule has 1 aliphatic rings. The van der Waals surface area contributed by atoms with E-state index in [1.807, 2.05) is 41.0 Å². The molecule has 37 heavy (non-hydrogen) atoms. The van der Waals surface area contributed by atoms with Crippen LogP contribution < -0.4 is 10.5 Å². The van der Waals surface area contributed by atoms with Crippen molar-refractivity contribution in [3.05, 3.63) is 59.7 Å². The fraction of sp³-hybridized carbons (Fsp3) is 0.414. The lowest BCUT2D eigenvalue weighted by Crippen LogP contribution is -2.50. The van der Waals surface area contributed by atoms with E-state index in [0.717, 1.165) is 24.1 Å². The normalized spacial score (nSPS) is 19.2. The highest BCUT2D eigenvalue weighted by atomic mass is 16.5. The van der Waals surface area contributed by atoms with Crippen LogP contribution in [-0.4, -0.2) is 47.4 Å². The van der Waals surface area contributed by atoms with E-state index in [-0.39, 0.29) is 23.0 Å². The highest BCUT2D eigenvalue weighted by Crippen LogP contribution is 2.50. The van der Waals surface area contributed by atoms with Crippen LogP contribution in [0.25, 0.3) is 22.2 Å². The summed E-state index contributed by atoms with van der Waals surface area (Å²) in [4.78, 5) is 22.6. The zero-order chi connectivity index (χ0) is 26.2. The number of nitrogens with two attached hydrogens (primary N) is 1. The van der Waals surface area contributed by atoms with Gasteiger partial charge in [-0.2, -0.15) is 0 Å². The quantitative estimate of drug-likeness (QED) is 0.350. The van der Waals surface area contributed by atoms with Gasteiger partial charge in [0.15, 0.2) is 5.65 Å². The molecule has 8 heteroatoms. The third-order valence-electron chi connectivity index (χ3n) is 7.91. The standard InChI is InChI=1S/C29H34N4O4/c1-5-37-27(34)23-24-26(32-22-9-7-6-8-21(22)31-24)33(25(23)30)16-14-29(15-17-36-18-28(29,2)3)19-10-12-20(35-4)13-11-19/h6-13H,5,14-18,30H2,1-4H3. The molecule has 0 bridgehead atoms. The number of benzene rings is 2. The summed E-state index contributed by atoms with van der Waals surface area (Å²) in [6.45, 7) is 8.43. The number of methoxy groups -OCH3 is 1. The molecular weight excluding hydrogens is 468 g/mol. The summed E-state index contributed by atoms with van der Waals surface area (Å²) < 4.78 is 18.6. The van der Waals surface area contributed by atoms with E-state index in [2.05, 4.69) is 26.0 Å². The number of carbonyl (C=O) groups is 1. The number of fused-ring (bicyclic) bond motifs is 2. The largest absolute Gasteiger partial charge is 0.497 e. The molecule has 1 unspecified atom stereocenters. The number of aromatic nitrogens is 3. The zero-order valence-electron chi connectivity index (χ0n) is 21.9. The number of rotatable bonds is 7. The first kappa shape index (κ1) is 25.0. The van der Waals surface area contributed by atoms with Crippen molar-refractivity contribution in [1.29, 1.82) is 0 Å². The van der Waals surface area contributed by atoms with Gasteiger partial charge in [-0.3, -0.25) is 0 Å². The second-order valence-electron chi connectivity index (χ2n) is 10.3. The van der Waals surface area contributed by atoms with Gasteiger partial charge in [0.1, 0.15) is 22.6 Å². The lowest BCUT2D eigenvalue weighted by molar-refractivity contribution is -0.0568. The van der Waals surface area contributed by atoms with Gasteiger partial charge >= 0.3 is 5.97 Å². The topological polar surface area (TPSA) is 101 Å². The second-order valence-corrected chi connectivity index (χ2v) is 10.3. The maximum absolute atomic E-state index is 13.0. The minimum absolute atomic E-state index is 0.139. The highest BCUT2D eigenvalue weighted by molar-refractivity contribution is 6.08. The molecule has 3 heterocycles. The van der Waals surface area contributed by atoms with E-state index in [1.165, 1.54) is 5.56 Å². The third kappa shape index (κ3) is 4.19. The van der Waals surface area contributed by atoms with E-state index in [9.17, 15) is 4.79 Å². The van der Waals surface area contributed by atoms with Crippen molar-refractivity contribution in [1.82, 2.24) is 14.5 Å². The Morgan fingerprint density at radius 1 is 1.11 bits per heavy atom. The van der Waals surface area contributed by atoms with Crippen LogP contribution in [0.3, 0.4) is 0 Å². The van der Waals surface area contributed by atoms with Crippen molar-refractivity contribution in [3.63, 3.8) is 0 Å². The number of carbonyl (C=O) groups excluding carboxylic acids is 1. The molecule has 194 valence electrons. The third-order valence-corrected chi connectivity index (χ3v) is 7.91. The molecule has 0 aliphatic carbocycles. The Morgan fingerprint density at radius 2 is 1.81 bits per heavy atom. The molecule has 2 N–H and O–H groups in total. The molecule has 0 spiro atoms. The fourth-order valence-corrected chi connectivity index (χ4v) is 5.75. The number of hydrogen-bond acceptors (Lipinski definition) is 7. The van der Waals surface area contributed by atoms with E-state index < -0.39 is 5.97 Å². The van der Waals surface area contributed by atoms with Gasteiger partial charge in [0.25, 0.3) is 0 Å². The number of ether oxygens (including phenoxy) is 3. The van der Waals surface area contributed by atoms with Crippen molar-refractivity contribution in [2.45, 2.75) is 45.6 Å².